The summed E-state index contributed by atoms with van der Waals surface area (Å²) < 4.78 is 6.49. The highest BCUT2D eigenvalue weighted by atomic mass is 79.9. The molecule has 6 heteroatoms. The molecule has 0 spiro atoms. The number of nitro benzene ring substituents is 1. The van der Waals surface area contributed by atoms with Crippen molar-refractivity contribution in [2.45, 2.75) is 11.9 Å². The van der Waals surface area contributed by atoms with Crippen LogP contribution in [0.25, 0.3) is 0 Å². The summed E-state index contributed by atoms with van der Waals surface area (Å²) in [6.07, 6.45) is 0. The van der Waals surface area contributed by atoms with Crippen molar-refractivity contribution >= 4 is 37.5 Å². The van der Waals surface area contributed by atoms with Gasteiger partial charge in [0.1, 0.15) is 6.61 Å². The van der Waals surface area contributed by atoms with Crippen molar-refractivity contribution in [1.29, 1.82) is 0 Å². The van der Waals surface area contributed by atoms with Crippen LogP contribution in [0.15, 0.2) is 46.9 Å². The Kier molecular flexibility index (Phi) is 5.14. The van der Waals surface area contributed by atoms with Crippen LogP contribution in [-0.4, -0.2) is 4.92 Å². The molecule has 0 atom stereocenters. The first-order valence-corrected chi connectivity index (χ1v) is 7.72. The molecule has 4 nitrogen and oxygen atoms in total. The highest BCUT2D eigenvalue weighted by molar-refractivity contribution is 9.10. The molecule has 0 unspecified atom stereocenters. The normalized spacial score (nSPS) is 10.3. The minimum atomic E-state index is -0.429. The Morgan fingerprint density at radius 2 is 1.95 bits per heavy atom. The standard InChI is InChI=1S/C14H11Br2NO3/c15-8-10-5-6-14(13(7-10)17(18)19)20-9-11-3-1-2-4-12(11)16/h1-7H,8-9H2. The lowest BCUT2D eigenvalue weighted by Crippen LogP contribution is -2.00. The van der Waals surface area contributed by atoms with Gasteiger partial charge in [0.25, 0.3) is 0 Å². The van der Waals surface area contributed by atoms with E-state index in [4.69, 9.17) is 4.74 Å². The molecule has 0 N–H and O–H groups in total. The van der Waals surface area contributed by atoms with Gasteiger partial charge < -0.3 is 4.74 Å². The number of rotatable bonds is 5. The van der Waals surface area contributed by atoms with Crippen LogP contribution in [0, 0.1) is 10.1 Å². The van der Waals surface area contributed by atoms with E-state index in [9.17, 15) is 10.1 Å². The van der Waals surface area contributed by atoms with E-state index >= 15 is 0 Å². The summed E-state index contributed by atoms with van der Waals surface area (Å²) in [4.78, 5) is 10.6. The van der Waals surface area contributed by atoms with E-state index < -0.39 is 4.92 Å². The van der Waals surface area contributed by atoms with Crippen LogP contribution >= 0.6 is 31.9 Å². The smallest absolute Gasteiger partial charge is 0.311 e. The molecule has 2 aromatic carbocycles. The Hall–Kier alpha value is -1.40. The maximum Gasteiger partial charge on any atom is 0.311 e. The zero-order valence-electron chi connectivity index (χ0n) is 10.4. The van der Waals surface area contributed by atoms with Gasteiger partial charge in [-0.05, 0) is 17.7 Å². The average Bonchev–Trinajstić information content (AvgIpc) is 2.46. The lowest BCUT2D eigenvalue weighted by Gasteiger charge is -2.09. The SMILES string of the molecule is O=[N+]([O-])c1cc(CBr)ccc1OCc1ccccc1Br. The number of alkyl halides is 1. The van der Waals surface area contributed by atoms with Crippen LogP contribution in [0.3, 0.4) is 0 Å². The van der Waals surface area contributed by atoms with Crippen LogP contribution in [0.1, 0.15) is 11.1 Å². The molecule has 0 amide bonds. The monoisotopic (exact) mass is 399 g/mol. The third-order valence-electron chi connectivity index (χ3n) is 2.72. The van der Waals surface area contributed by atoms with E-state index in [2.05, 4.69) is 31.9 Å². The molecule has 0 saturated carbocycles. The van der Waals surface area contributed by atoms with Gasteiger partial charge in [0.15, 0.2) is 5.75 Å². The molecule has 0 aromatic heterocycles. The molecular formula is C14H11Br2NO3. The fraction of sp³-hybridized carbons (Fsp3) is 0.143. The molecule has 0 radical (unpaired) electrons. The summed E-state index contributed by atoms with van der Waals surface area (Å²) in [5.74, 6) is 0.274. The van der Waals surface area contributed by atoms with E-state index in [1.807, 2.05) is 24.3 Å². The molecule has 0 heterocycles. The predicted octanol–water partition coefficient (Wildman–Crippen LogP) is 4.83. The number of nitrogens with zero attached hydrogens (tertiary/aromatic N) is 1. The molecule has 0 bridgehead atoms. The maximum absolute atomic E-state index is 11.1. The summed E-state index contributed by atoms with van der Waals surface area (Å²) in [6.45, 7) is 0.274. The van der Waals surface area contributed by atoms with Crippen molar-refractivity contribution in [2.75, 3.05) is 0 Å². The second kappa shape index (κ2) is 6.85. The summed E-state index contributed by atoms with van der Waals surface area (Å²) >= 11 is 6.70. The Morgan fingerprint density at radius 1 is 1.20 bits per heavy atom. The van der Waals surface area contributed by atoms with Gasteiger partial charge in [-0.2, -0.15) is 0 Å². The van der Waals surface area contributed by atoms with Crippen LogP contribution in [0.2, 0.25) is 0 Å². The number of halogens is 2. The van der Waals surface area contributed by atoms with Crippen LogP contribution < -0.4 is 4.74 Å². The van der Waals surface area contributed by atoms with Gasteiger partial charge in [-0.1, -0.05) is 56.1 Å². The van der Waals surface area contributed by atoms with Gasteiger partial charge in [-0.15, -0.1) is 0 Å². The average molecular weight is 401 g/mol. The van der Waals surface area contributed by atoms with E-state index in [1.54, 1.807) is 12.1 Å². The summed E-state index contributed by atoms with van der Waals surface area (Å²) in [6, 6.07) is 12.6. The largest absolute Gasteiger partial charge is 0.482 e. The van der Waals surface area contributed by atoms with Crippen molar-refractivity contribution in [2.24, 2.45) is 0 Å². The van der Waals surface area contributed by atoms with Crippen molar-refractivity contribution in [3.05, 3.63) is 68.2 Å². The molecule has 0 aliphatic carbocycles. The Morgan fingerprint density at radius 3 is 2.60 bits per heavy atom. The van der Waals surface area contributed by atoms with Gasteiger partial charge in [0, 0.05) is 21.4 Å². The molecule has 104 valence electrons. The summed E-state index contributed by atoms with van der Waals surface area (Å²) in [7, 11) is 0. The van der Waals surface area contributed by atoms with Gasteiger partial charge in [-0.25, -0.2) is 0 Å². The van der Waals surface area contributed by atoms with E-state index in [1.165, 1.54) is 6.07 Å². The fourth-order valence-electron chi connectivity index (χ4n) is 1.68. The minimum Gasteiger partial charge on any atom is -0.482 e. The third-order valence-corrected chi connectivity index (χ3v) is 4.14. The molecular weight excluding hydrogens is 390 g/mol. The summed E-state index contributed by atoms with van der Waals surface area (Å²) in [5, 5.41) is 11.6. The molecule has 0 aliphatic heterocycles. The molecule has 0 saturated heterocycles. The van der Waals surface area contributed by atoms with Crippen molar-refractivity contribution in [3.63, 3.8) is 0 Å². The highest BCUT2D eigenvalue weighted by Gasteiger charge is 2.16. The Bertz CT molecular complexity index is 632. The maximum atomic E-state index is 11.1. The minimum absolute atomic E-state index is 0.0194. The van der Waals surface area contributed by atoms with E-state index in [0.29, 0.717) is 5.33 Å². The van der Waals surface area contributed by atoms with E-state index in [-0.39, 0.29) is 18.0 Å². The topological polar surface area (TPSA) is 52.4 Å². The van der Waals surface area contributed by atoms with Crippen LogP contribution in [-0.2, 0) is 11.9 Å². The predicted molar refractivity (Wildman–Crippen MR) is 84.2 cm³/mol. The third kappa shape index (κ3) is 3.58. The first-order chi connectivity index (χ1) is 9.61. The number of benzene rings is 2. The van der Waals surface area contributed by atoms with Crippen molar-refractivity contribution < 1.29 is 9.66 Å². The molecule has 2 rings (SSSR count). The number of hydrogen-bond donors (Lipinski definition) is 0. The quantitative estimate of drug-likeness (QED) is 0.410. The molecule has 20 heavy (non-hydrogen) atoms. The molecule has 0 fully saturated rings. The first-order valence-electron chi connectivity index (χ1n) is 5.81. The highest BCUT2D eigenvalue weighted by Crippen LogP contribution is 2.30. The zero-order valence-corrected chi connectivity index (χ0v) is 13.6. The van der Waals surface area contributed by atoms with Gasteiger partial charge in [-0.3, -0.25) is 10.1 Å². The molecule has 2 aromatic rings. The second-order valence-corrected chi connectivity index (χ2v) is 5.49. The van der Waals surface area contributed by atoms with Crippen molar-refractivity contribution in [3.8, 4) is 5.75 Å². The fourth-order valence-corrected chi connectivity index (χ4v) is 2.43. The number of ether oxygens (including phenoxy) is 1. The number of hydrogen-bond acceptors (Lipinski definition) is 3. The van der Waals surface area contributed by atoms with E-state index in [0.717, 1.165) is 15.6 Å². The lowest BCUT2D eigenvalue weighted by atomic mass is 10.2. The lowest BCUT2D eigenvalue weighted by molar-refractivity contribution is -0.386. The van der Waals surface area contributed by atoms with Crippen molar-refractivity contribution in [1.82, 2.24) is 0 Å². The Labute approximate surface area is 133 Å². The Balaban J connectivity index is 2.21. The first kappa shape index (κ1) is 15.0. The van der Waals surface area contributed by atoms with Gasteiger partial charge in [0.2, 0.25) is 0 Å². The second-order valence-electron chi connectivity index (χ2n) is 4.07. The van der Waals surface area contributed by atoms with Crippen LogP contribution in [0.5, 0.6) is 5.75 Å². The zero-order chi connectivity index (χ0) is 14.5. The van der Waals surface area contributed by atoms with Gasteiger partial charge in [0.05, 0.1) is 4.92 Å². The van der Waals surface area contributed by atoms with Crippen LogP contribution in [0.4, 0.5) is 5.69 Å². The van der Waals surface area contributed by atoms with Gasteiger partial charge >= 0.3 is 5.69 Å². The molecule has 0 aliphatic rings. The number of nitro groups is 1. The summed E-state index contributed by atoms with van der Waals surface area (Å²) in [5.41, 5.74) is 1.75.